The molecular weight excluding hydrogens is 421 g/mol. The summed E-state index contributed by atoms with van der Waals surface area (Å²) in [6, 6.07) is 18.2. The summed E-state index contributed by atoms with van der Waals surface area (Å²) in [7, 11) is 3.22. The van der Waals surface area contributed by atoms with E-state index in [0.717, 1.165) is 16.7 Å². The smallest absolute Gasteiger partial charge is 0.254 e. The molecule has 1 amide bonds. The maximum absolute atomic E-state index is 13.5. The Hall–Kier alpha value is -2.69. The van der Waals surface area contributed by atoms with Crippen LogP contribution in [-0.4, -0.2) is 31.6 Å². The second-order valence-corrected chi connectivity index (χ2v) is 7.93. The summed E-state index contributed by atoms with van der Waals surface area (Å²) in [4.78, 5) is 15.4. The highest BCUT2D eigenvalue weighted by Gasteiger charge is 2.34. The van der Waals surface area contributed by atoms with Gasteiger partial charge in [-0.1, -0.05) is 47.5 Å². The molecule has 3 aromatic rings. The lowest BCUT2D eigenvalue weighted by Gasteiger charge is -2.38. The van der Waals surface area contributed by atoms with Crippen molar-refractivity contribution in [1.82, 2.24) is 4.90 Å². The van der Waals surface area contributed by atoms with Crippen molar-refractivity contribution in [1.29, 1.82) is 0 Å². The summed E-state index contributed by atoms with van der Waals surface area (Å²) in [5.74, 6) is 1.19. The summed E-state index contributed by atoms with van der Waals surface area (Å²) in [5, 5.41) is 1.13. The Morgan fingerprint density at radius 3 is 2.37 bits per heavy atom. The summed E-state index contributed by atoms with van der Waals surface area (Å²) in [6.07, 6.45) is 0.697. The van der Waals surface area contributed by atoms with Crippen molar-refractivity contribution in [3.05, 3.63) is 93.0 Å². The van der Waals surface area contributed by atoms with E-state index in [1.54, 1.807) is 38.5 Å². The summed E-state index contributed by atoms with van der Waals surface area (Å²) >= 11 is 12.7. The first-order chi connectivity index (χ1) is 14.5. The van der Waals surface area contributed by atoms with Gasteiger partial charge < -0.3 is 14.4 Å². The highest BCUT2D eigenvalue weighted by atomic mass is 35.5. The zero-order valence-electron chi connectivity index (χ0n) is 16.7. The van der Waals surface area contributed by atoms with E-state index in [4.69, 9.17) is 32.7 Å². The molecule has 0 N–H and O–H groups in total. The van der Waals surface area contributed by atoms with Crippen molar-refractivity contribution in [3.8, 4) is 11.5 Å². The average molecular weight is 442 g/mol. The number of hydrogen-bond acceptors (Lipinski definition) is 3. The maximum Gasteiger partial charge on any atom is 0.254 e. The Labute approximate surface area is 185 Å². The van der Waals surface area contributed by atoms with E-state index in [0.29, 0.717) is 40.1 Å². The molecule has 1 unspecified atom stereocenters. The van der Waals surface area contributed by atoms with E-state index >= 15 is 0 Å². The molecule has 0 fully saturated rings. The second kappa shape index (κ2) is 8.58. The number of ether oxygens (including phenoxy) is 2. The van der Waals surface area contributed by atoms with Crippen LogP contribution in [0.25, 0.3) is 0 Å². The summed E-state index contributed by atoms with van der Waals surface area (Å²) < 4.78 is 11.0. The van der Waals surface area contributed by atoms with E-state index in [1.807, 2.05) is 41.3 Å². The Morgan fingerprint density at radius 2 is 1.67 bits per heavy atom. The van der Waals surface area contributed by atoms with Crippen molar-refractivity contribution in [2.24, 2.45) is 0 Å². The molecule has 1 aliphatic heterocycles. The Balaban J connectivity index is 1.88. The lowest BCUT2D eigenvalue weighted by atomic mass is 9.87. The van der Waals surface area contributed by atoms with Gasteiger partial charge in [0, 0.05) is 22.2 Å². The highest BCUT2D eigenvalue weighted by molar-refractivity contribution is 6.31. The lowest BCUT2D eigenvalue weighted by molar-refractivity contribution is 0.0694. The molecule has 0 radical (unpaired) electrons. The number of benzene rings is 3. The van der Waals surface area contributed by atoms with Gasteiger partial charge in [0.15, 0.2) is 11.5 Å². The van der Waals surface area contributed by atoms with Crippen molar-refractivity contribution >= 4 is 29.1 Å². The van der Waals surface area contributed by atoms with E-state index in [2.05, 4.69) is 0 Å². The lowest BCUT2D eigenvalue weighted by Crippen LogP contribution is -2.40. The number of rotatable bonds is 4. The van der Waals surface area contributed by atoms with Crippen molar-refractivity contribution < 1.29 is 14.3 Å². The molecular formula is C24H21Cl2NO3. The minimum absolute atomic E-state index is 0.0946. The third-order valence-corrected chi connectivity index (χ3v) is 5.99. The maximum atomic E-state index is 13.5. The van der Waals surface area contributed by atoms with Crippen LogP contribution in [0.4, 0.5) is 0 Å². The van der Waals surface area contributed by atoms with Crippen LogP contribution < -0.4 is 9.47 Å². The molecule has 1 heterocycles. The van der Waals surface area contributed by atoms with Gasteiger partial charge in [-0.3, -0.25) is 4.79 Å². The molecule has 4 nitrogen and oxygen atoms in total. The number of nitrogens with zero attached hydrogens (tertiary/aromatic N) is 1. The van der Waals surface area contributed by atoms with Gasteiger partial charge in [0.25, 0.3) is 5.91 Å². The summed E-state index contributed by atoms with van der Waals surface area (Å²) in [5.41, 5.74) is 3.49. The zero-order valence-corrected chi connectivity index (χ0v) is 18.2. The van der Waals surface area contributed by atoms with Gasteiger partial charge in [-0.05, 0) is 59.5 Å². The van der Waals surface area contributed by atoms with Crippen LogP contribution in [0.2, 0.25) is 10.0 Å². The minimum Gasteiger partial charge on any atom is -0.493 e. The van der Waals surface area contributed by atoms with Gasteiger partial charge in [-0.15, -0.1) is 0 Å². The van der Waals surface area contributed by atoms with Gasteiger partial charge in [-0.2, -0.15) is 0 Å². The molecule has 1 atom stereocenters. The normalized spacial score (nSPS) is 15.5. The third kappa shape index (κ3) is 3.73. The molecule has 0 bridgehead atoms. The van der Waals surface area contributed by atoms with Crippen LogP contribution >= 0.6 is 23.2 Å². The molecule has 0 saturated heterocycles. The SMILES string of the molecule is COc1cc2c(cc1OC)C(c1ccccc1Cl)N(C(=O)c1cccc(Cl)c1)CC2. The first kappa shape index (κ1) is 20.6. The molecule has 3 aromatic carbocycles. The number of fused-ring (bicyclic) bond motifs is 1. The van der Waals surface area contributed by atoms with E-state index in [9.17, 15) is 4.79 Å². The predicted molar refractivity (Wildman–Crippen MR) is 119 cm³/mol. The molecule has 0 aromatic heterocycles. The summed E-state index contributed by atoms with van der Waals surface area (Å²) in [6.45, 7) is 0.545. The Morgan fingerprint density at radius 1 is 0.933 bits per heavy atom. The van der Waals surface area contributed by atoms with Crippen LogP contribution in [0.5, 0.6) is 11.5 Å². The fourth-order valence-corrected chi connectivity index (χ4v) is 4.41. The van der Waals surface area contributed by atoms with Crippen molar-refractivity contribution in [2.45, 2.75) is 12.5 Å². The first-order valence-electron chi connectivity index (χ1n) is 9.59. The van der Waals surface area contributed by atoms with E-state index < -0.39 is 0 Å². The van der Waals surface area contributed by atoms with E-state index in [-0.39, 0.29) is 11.9 Å². The molecule has 4 rings (SSSR count). The standard InChI is InChI=1S/C24H21Cl2NO3/c1-29-21-13-15-10-11-27(24(28)16-6-5-7-17(25)12-16)23(19(15)14-22(21)30-2)18-8-3-4-9-20(18)26/h3-9,12-14,23H,10-11H2,1-2H3. The largest absolute Gasteiger partial charge is 0.493 e. The number of methoxy groups -OCH3 is 2. The number of carbonyl (C=O) groups is 1. The zero-order chi connectivity index (χ0) is 21.3. The highest BCUT2D eigenvalue weighted by Crippen LogP contribution is 2.43. The number of carbonyl (C=O) groups excluding carboxylic acids is 1. The number of hydrogen-bond donors (Lipinski definition) is 0. The fraction of sp³-hybridized carbons (Fsp3) is 0.208. The Kier molecular flexibility index (Phi) is 5.89. The molecule has 154 valence electrons. The molecule has 0 aliphatic carbocycles. The quantitative estimate of drug-likeness (QED) is 0.513. The molecule has 1 aliphatic rings. The Bertz CT molecular complexity index is 1100. The monoisotopic (exact) mass is 441 g/mol. The van der Waals surface area contributed by atoms with Crippen LogP contribution in [0.15, 0.2) is 60.7 Å². The predicted octanol–water partition coefficient (Wildman–Crippen LogP) is 5.80. The number of amides is 1. The molecule has 30 heavy (non-hydrogen) atoms. The van der Waals surface area contributed by atoms with Crippen molar-refractivity contribution in [2.75, 3.05) is 20.8 Å². The van der Waals surface area contributed by atoms with Gasteiger partial charge in [0.1, 0.15) is 0 Å². The van der Waals surface area contributed by atoms with Gasteiger partial charge in [-0.25, -0.2) is 0 Å². The topological polar surface area (TPSA) is 38.8 Å². The van der Waals surface area contributed by atoms with Gasteiger partial charge in [0.2, 0.25) is 0 Å². The van der Waals surface area contributed by atoms with Crippen molar-refractivity contribution in [3.63, 3.8) is 0 Å². The van der Waals surface area contributed by atoms with Crippen LogP contribution in [-0.2, 0) is 6.42 Å². The van der Waals surface area contributed by atoms with Crippen LogP contribution in [0.1, 0.15) is 33.1 Å². The first-order valence-corrected chi connectivity index (χ1v) is 10.3. The van der Waals surface area contributed by atoms with Gasteiger partial charge >= 0.3 is 0 Å². The van der Waals surface area contributed by atoms with E-state index in [1.165, 1.54) is 0 Å². The van der Waals surface area contributed by atoms with Crippen LogP contribution in [0.3, 0.4) is 0 Å². The molecule has 0 saturated carbocycles. The minimum atomic E-state index is -0.353. The van der Waals surface area contributed by atoms with Gasteiger partial charge in [0.05, 0.1) is 20.3 Å². The fourth-order valence-electron chi connectivity index (χ4n) is 3.98. The number of halogens is 2. The third-order valence-electron chi connectivity index (χ3n) is 5.41. The molecule has 6 heteroatoms. The van der Waals surface area contributed by atoms with Crippen LogP contribution in [0, 0.1) is 0 Å². The average Bonchev–Trinajstić information content (AvgIpc) is 2.77. The second-order valence-electron chi connectivity index (χ2n) is 7.09. The molecule has 0 spiro atoms.